The molecule has 0 fully saturated rings. The first-order valence-corrected chi connectivity index (χ1v) is 6.38. The zero-order valence-corrected chi connectivity index (χ0v) is 11.5. The largest absolute Gasteiger partial charge is 0.496 e. The Morgan fingerprint density at radius 3 is 2.50 bits per heavy atom. The summed E-state index contributed by atoms with van der Waals surface area (Å²) in [7, 11) is 1.38. The molecule has 0 aromatic heterocycles. The Morgan fingerprint density at radius 2 is 1.95 bits per heavy atom. The lowest BCUT2D eigenvalue weighted by atomic mass is 10.1. The molecule has 1 aromatic carbocycles. The maximum absolute atomic E-state index is 12.6. The molecule has 0 heterocycles. The molecule has 0 bridgehead atoms. The van der Waals surface area contributed by atoms with Crippen LogP contribution < -0.4 is 4.74 Å². The summed E-state index contributed by atoms with van der Waals surface area (Å²) >= 11 is 0. The van der Waals surface area contributed by atoms with Crippen LogP contribution in [0.25, 0.3) is 0 Å². The molecule has 0 aliphatic carbocycles. The number of ether oxygens (including phenoxy) is 1. The normalized spacial score (nSPS) is 11.2. The van der Waals surface area contributed by atoms with E-state index in [2.05, 4.69) is 0 Å². The first kappa shape index (κ1) is 16.3. The summed E-state index contributed by atoms with van der Waals surface area (Å²) in [4.78, 5) is 13.1. The number of unbranched alkanes of at least 4 members (excludes halogenated alkanes) is 1. The minimum absolute atomic E-state index is 0.0763. The van der Waals surface area contributed by atoms with E-state index in [0.717, 1.165) is 4.90 Å². The van der Waals surface area contributed by atoms with Crippen molar-refractivity contribution in [2.45, 2.75) is 25.9 Å². The van der Waals surface area contributed by atoms with Crippen LogP contribution in [0.1, 0.15) is 30.1 Å². The molecule has 112 valence electrons. The van der Waals surface area contributed by atoms with Crippen LogP contribution in [0.15, 0.2) is 24.3 Å². The molecule has 0 unspecified atom stereocenters. The number of hydrogen-bond donors (Lipinski definition) is 0. The second-order valence-corrected chi connectivity index (χ2v) is 4.40. The highest BCUT2D eigenvalue weighted by molar-refractivity contribution is 5.97. The maximum atomic E-state index is 12.6. The number of alkyl halides is 3. The summed E-state index contributed by atoms with van der Waals surface area (Å²) in [5, 5.41) is 0. The van der Waals surface area contributed by atoms with E-state index in [1.165, 1.54) is 13.2 Å². The van der Waals surface area contributed by atoms with Crippen LogP contribution in [0.2, 0.25) is 0 Å². The molecule has 1 rings (SSSR count). The van der Waals surface area contributed by atoms with Crippen LogP contribution in [0.5, 0.6) is 5.75 Å². The number of methoxy groups -OCH3 is 1. The van der Waals surface area contributed by atoms with Crippen molar-refractivity contribution >= 4 is 5.91 Å². The number of halogens is 3. The van der Waals surface area contributed by atoms with Gasteiger partial charge in [0.1, 0.15) is 12.3 Å². The SMILES string of the molecule is CCCCN(CC(F)(F)F)C(=O)c1ccccc1OC. The third-order valence-electron chi connectivity index (χ3n) is 2.78. The number of amides is 1. The van der Waals surface area contributed by atoms with Gasteiger partial charge in [-0.25, -0.2) is 0 Å². The Labute approximate surface area is 116 Å². The Kier molecular flexibility index (Phi) is 5.85. The number of carbonyl (C=O) groups excluding carboxylic acids is 1. The van der Waals surface area contributed by atoms with E-state index >= 15 is 0 Å². The van der Waals surface area contributed by atoms with Gasteiger partial charge in [-0.2, -0.15) is 13.2 Å². The number of nitrogens with zero attached hydrogens (tertiary/aromatic N) is 1. The summed E-state index contributed by atoms with van der Waals surface area (Å²) in [6.45, 7) is 0.691. The minimum atomic E-state index is -4.41. The van der Waals surface area contributed by atoms with Crippen molar-refractivity contribution in [3.63, 3.8) is 0 Å². The van der Waals surface area contributed by atoms with Gasteiger partial charge < -0.3 is 9.64 Å². The molecule has 0 spiro atoms. The molecule has 0 aliphatic rings. The Balaban J connectivity index is 2.97. The van der Waals surface area contributed by atoms with Crippen molar-refractivity contribution in [3.05, 3.63) is 29.8 Å². The fraction of sp³-hybridized carbons (Fsp3) is 0.500. The number of hydrogen-bond acceptors (Lipinski definition) is 2. The van der Waals surface area contributed by atoms with Gasteiger partial charge in [0.05, 0.1) is 12.7 Å². The van der Waals surface area contributed by atoms with E-state index in [1.54, 1.807) is 18.2 Å². The zero-order chi connectivity index (χ0) is 15.2. The minimum Gasteiger partial charge on any atom is -0.496 e. The molecule has 0 atom stereocenters. The van der Waals surface area contributed by atoms with Crippen molar-refractivity contribution in [2.75, 3.05) is 20.2 Å². The fourth-order valence-electron chi connectivity index (χ4n) is 1.81. The Morgan fingerprint density at radius 1 is 1.30 bits per heavy atom. The molecule has 20 heavy (non-hydrogen) atoms. The fourth-order valence-corrected chi connectivity index (χ4v) is 1.81. The van der Waals surface area contributed by atoms with Crippen LogP contribution in [0.3, 0.4) is 0 Å². The van der Waals surface area contributed by atoms with Gasteiger partial charge in [0.25, 0.3) is 5.91 Å². The van der Waals surface area contributed by atoms with Gasteiger partial charge in [0.15, 0.2) is 0 Å². The summed E-state index contributed by atoms with van der Waals surface area (Å²) in [6, 6.07) is 6.28. The average Bonchev–Trinajstić information content (AvgIpc) is 2.41. The monoisotopic (exact) mass is 289 g/mol. The molecule has 1 aromatic rings. The van der Waals surface area contributed by atoms with E-state index in [1.807, 2.05) is 6.92 Å². The quantitative estimate of drug-likeness (QED) is 0.802. The molecule has 1 amide bonds. The van der Waals surface area contributed by atoms with Gasteiger partial charge >= 0.3 is 6.18 Å². The van der Waals surface area contributed by atoms with Gasteiger partial charge in [-0.3, -0.25) is 4.79 Å². The highest BCUT2D eigenvalue weighted by Crippen LogP contribution is 2.23. The smallest absolute Gasteiger partial charge is 0.406 e. The molecule has 3 nitrogen and oxygen atoms in total. The van der Waals surface area contributed by atoms with Crippen LogP contribution >= 0.6 is 0 Å². The number of benzene rings is 1. The molecule has 0 radical (unpaired) electrons. The lowest BCUT2D eigenvalue weighted by Gasteiger charge is -2.24. The Hall–Kier alpha value is -1.72. The Bertz CT molecular complexity index is 446. The summed E-state index contributed by atoms with van der Waals surface area (Å²) < 4.78 is 42.7. The lowest BCUT2D eigenvalue weighted by Crippen LogP contribution is -2.39. The second-order valence-electron chi connectivity index (χ2n) is 4.40. The average molecular weight is 289 g/mol. The third-order valence-corrected chi connectivity index (χ3v) is 2.78. The van der Waals surface area contributed by atoms with E-state index in [9.17, 15) is 18.0 Å². The summed E-state index contributed by atoms with van der Waals surface area (Å²) in [6.07, 6.45) is -3.17. The number of rotatable bonds is 6. The number of carbonyl (C=O) groups is 1. The van der Waals surface area contributed by atoms with Gasteiger partial charge in [-0.1, -0.05) is 25.5 Å². The molecule has 0 N–H and O–H groups in total. The first-order valence-electron chi connectivity index (χ1n) is 6.38. The van der Waals surface area contributed by atoms with Crippen molar-refractivity contribution < 1.29 is 22.7 Å². The van der Waals surface area contributed by atoms with Crippen molar-refractivity contribution in [1.29, 1.82) is 0 Å². The van der Waals surface area contributed by atoms with E-state index in [0.29, 0.717) is 12.8 Å². The lowest BCUT2D eigenvalue weighted by molar-refractivity contribution is -0.140. The second kappa shape index (κ2) is 7.17. The number of para-hydroxylation sites is 1. The van der Waals surface area contributed by atoms with Gasteiger partial charge in [0.2, 0.25) is 0 Å². The maximum Gasteiger partial charge on any atom is 0.406 e. The molecular formula is C14H18F3NO2. The van der Waals surface area contributed by atoms with Gasteiger partial charge in [0, 0.05) is 6.54 Å². The standard InChI is InChI=1S/C14H18F3NO2/c1-3-4-9-18(10-14(15,16)17)13(19)11-7-5-6-8-12(11)20-2/h5-8H,3-4,9-10H2,1-2H3. The van der Waals surface area contributed by atoms with Crippen LogP contribution in [0, 0.1) is 0 Å². The molecule has 0 saturated heterocycles. The topological polar surface area (TPSA) is 29.5 Å². The molecule has 6 heteroatoms. The van der Waals surface area contributed by atoms with Crippen molar-refractivity contribution in [3.8, 4) is 5.75 Å². The predicted octanol–water partition coefficient (Wildman–Crippen LogP) is 3.50. The van der Waals surface area contributed by atoms with Crippen molar-refractivity contribution in [2.24, 2.45) is 0 Å². The van der Waals surface area contributed by atoms with E-state index in [4.69, 9.17) is 4.74 Å². The third kappa shape index (κ3) is 4.75. The van der Waals surface area contributed by atoms with E-state index < -0.39 is 18.6 Å². The molecule has 0 aliphatic heterocycles. The van der Waals surface area contributed by atoms with E-state index in [-0.39, 0.29) is 17.9 Å². The highest BCUT2D eigenvalue weighted by atomic mass is 19.4. The summed E-state index contributed by atoms with van der Waals surface area (Å²) in [5.41, 5.74) is 0.148. The van der Waals surface area contributed by atoms with Crippen LogP contribution in [-0.4, -0.2) is 37.2 Å². The highest BCUT2D eigenvalue weighted by Gasteiger charge is 2.33. The van der Waals surface area contributed by atoms with Crippen molar-refractivity contribution in [1.82, 2.24) is 4.90 Å². The molecule has 0 saturated carbocycles. The molecular weight excluding hydrogens is 271 g/mol. The van der Waals surface area contributed by atoms with Gasteiger partial charge in [-0.15, -0.1) is 0 Å². The van der Waals surface area contributed by atoms with Crippen LogP contribution in [0.4, 0.5) is 13.2 Å². The van der Waals surface area contributed by atoms with Crippen LogP contribution in [-0.2, 0) is 0 Å². The van der Waals surface area contributed by atoms with Gasteiger partial charge in [-0.05, 0) is 18.6 Å². The summed E-state index contributed by atoms with van der Waals surface area (Å²) in [5.74, 6) is -0.380. The zero-order valence-electron chi connectivity index (χ0n) is 11.5. The predicted molar refractivity (Wildman–Crippen MR) is 69.9 cm³/mol. The first-order chi connectivity index (χ1) is 9.39.